The number of para-hydroxylation sites is 1. The smallest absolute Gasteiger partial charge is 0.319 e. The van der Waals surface area contributed by atoms with Crippen LogP contribution in [0.2, 0.25) is 0 Å². The van der Waals surface area contributed by atoms with Gasteiger partial charge in [-0.25, -0.2) is 4.79 Å². The first kappa shape index (κ1) is 22.6. The highest BCUT2D eigenvalue weighted by Crippen LogP contribution is 2.27. The molecule has 0 aliphatic rings. The largest absolute Gasteiger partial charge is 0.497 e. The number of urea groups is 1. The van der Waals surface area contributed by atoms with Gasteiger partial charge in [0, 0.05) is 23.6 Å². The van der Waals surface area contributed by atoms with Crippen molar-refractivity contribution in [3.63, 3.8) is 0 Å². The summed E-state index contributed by atoms with van der Waals surface area (Å²) in [7, 11) is 5.58. The average Bonchev–Trinajstić information content (AvgIpc) is 2.69. The van der Waals surface area contributed by atoms with Crippen LogP contribution >= 0.6 is 11.8 Å². The van der Waals surface area contributed by atoms with E-state index in [0.717, 1.165) is 16.2 Å². The quantitative estimate of drug-likeness (QED) is 0.517. The van der Waals surface area contributed by atoms with Crippen LogP contribution < -0.4 is 21.1 Å². The molecule has 3 amide bonds. The van der Waals surface area contributed by atoms with Crippen molar-refractivity contribution in [2.45, 2.75) is 17.4 Å². The summed E-state index contributed by atoms with van der Waals surface area (Å²) in [5.41, 5.74) is 6.97. The number of hydrogen-bond acceptors (Lipinski definition) is 5. The SMILES string of the molecule is COc1ccc(C(CNC(=O)Nc2ccccc2SCCC(N)=O)N(C)C)cc1. The molecule has 0 aliphatic carbocycles. The molecule has 2 rings (SSSR count). The second-order valence-corrected chi connectivity index (χ2v) is 7.79. The second-order valence-electron chi connectivity index (χ2n) is 6.65. The Bertz CT molecular complexity index is 812. The summed E-state index contributed by atoms with van der Waals surface area (Å²) in [5, 5.41) is 5.82. The van der Waals surface area contributed by atoms with Crippen molar-refractivity contribution in [2.24, 2.45) is 5.73 Å². The maximum atomic E-state index is 12.5. The van der Waals surface area contributed by atoms with E-state index in [9.17, 15) is 9.59 Å². The number of hydrogen-bond donors (Lipinski definition) is 3. The molecule has 0 bridgehead atoms. The molecule has 1 unspecified atom stereocenters. The fourth-order valence-electron chi connectivity index (χ4n) is 2.74. The predicted octanol–water partition coefficient (Wildman–Crippen LogP) is 3.09. The third-order valence-electron chi connectivity index (χ3n) is 4.32. The lowest BCUT2D eigenvalue weighted by Crippen LogP contribution is -2.37. The van der Waals surface area contributed by atoms with E-state index in [2.05, 4.69) is 15.5 Å². The van der Waals surface area contributed by atoms with Crippen LogP contribution in [0.3, 0.4) is 0 Å². The molecule has 0 aliphatic heterocycles. The van der Waals surface area contributed by atoms with Gasteiger partial charge < -0.3 is 26.0 Å². The van der Waals surface area contributed by atoms with Crippen LogP contribution in [-0.4, -0.2) is 50.3 Å². The Balaban J connectivity index is 1.96. The topological polar surface area (TPSA) is 96.7 Å². The molecular weight excluding hydrogens is 388 g/mol. The van der Waals surface area contributed by atoms with Crippen LogP contribution in [0.4, 0.5) is 10.5 Å². The Kier molecular flexibility index (Phi) is 8.82. The molecule has 0 heterocycles. The molecule has 2 aromatic rings. The Labute approximate surface area is 176 Å². The molecule has 4 N–H and O–H groups in total. The van der Waals surface area contributed by atoms with E-state index < -0.39 is 0 Å². The minimum atomic E-state index is -0.339. The molecule has 29 heavy (non-hydrogen) atoms. The summed E-state index contributed by atoms with van der Waals surface area (Å²) in [5.74, 6) is 1.02. The van der Waals surface area contributed by atoms with E-state index in [1.54, 1.807) is 7.11 Å². The molecule has 2 aromatic carbocycles. The normalized spacial score (nSPS) is 11.7. The van der Waals surface area contributed by atoms with Crippen molar-refractivity contribution in [3.8, 4) is 5.75 Å². The summed E-state index contributed by atoms with van der Waals surface area (Å²) in [6.07, 6.45) is 0.289. The lowest BCUT2D eigenvalue weighted by atomic mass is 10.1. The van der Waals surface area contributed by atoms with Gasteiger partial charge >= 0.3 is 6.03 Å². The summed E-state index contributed by atoms with van der Waals surface area (Å²) in [6, 6.07) is 15.0. The molecule has 7 nitrogen and oxygen atoms in total. The van der Waals surface area contributed by atoms with Gasteiger partial charge in [-0.2, -0.15) is 0 Å². The number of nitrogens with one attached hydrogen (secondary N) is 2. The maximum Gasteiger partial charge on any atom is 0.319 e. The molecule has 0 saturated carbocycles. The third kappa shape index (κ3) is 7.32. The van der Waals surface area contributed by atoms with Gasteiger partial charge in [0.25, 0.3) is 0 Å². The molecular formula is C21H28N4O3S. The summed E-state index contributed by atoms with van der Waals surface area (Å²) in [4.78, 5) is 26.3. The summed E-state index contributed by atoms with van der Waals surface area (Å²) < 4.78 is 5.21. The lowest BCUT2D eigenvalue weighted by molar-refractivity contribution is -0.117. The van der Waals surface area contributed by atoms with Crippen LogP contribution in [-0.2, 0) is 4.79 Å². The van der Waals surface area contributed by atoms with Gasteiger partial charge in [0.15, 0.2) is 0 Å². The van der Waals surface area contributed by atoms with Gasteiger partial charge in [-0.15, -0.1) is 11.8 Å². The van der Waals surface area contributed by atoms with E-state index in [0.29, 0.717) is 18.0 Å². The Morgan fingerprint density at radius 1 is 1.14 bits per heavy atom. The number of ether oxygens (including phenoxy) is 1. The first-order chi connectivity index (χ1) is 13.9. The molecule has 0 aromatic heterocycles. The van der Waals surface area contributed by atoms with Gasteiger partial charge in [0.2, 0.25) is 5.91 Å². The van der Waals surface area contributed by atoms with Crippen molar-refractivity contribution in [1.29, 1.82) is 0 Å². The Morgan fingerprint density at radius 2 is 1.83 bits per heavy atom. The molecule has 0 spiro atoms. The number of benzene rings is 2. The monoisotopic (exact) mass is 416 g/mol. The molecule has 0 radical (unpaired) electrons. The number of primary amides is 1. The molecule has 156 valence electrons. The molecule has 1 atom stereocenters. The number of nitrogens with zero attached hydrogens (tertiary/aromatic N) is 1. The van der Waals surface area contributed by atoms with Gasteiger partial charge in [-0.3, -0.25) is 4.79 Å². The molecule has 0 fully saturated rings. The lowest BCUT2D eigenvalue weighted by Gasteiger charge is -2.25. The third-order valence-corrected chi connectivity index (χ3v) is 5.40. The van der Waals surface area contributed by atoms with Gasteiger partial charge in [0.1, 0.15) is 5.75 Å². The Morgan fingerprint density at radius 3 is 2.45 bits per heavy atom. The number of thioether (sulfide) groups is 1. The van der Waals surface area contributed by atoms with E-state index in [4.69, 9.17) is 10.5 Å². The fraction of sp³-hybridized carbons (Fsp3) is 0.333. The second kappa shape index (κ2) is 11.3. The zero-order chi connectivity index (χ0) is 21.2. The van der Waals surface area contributed by atoms with Gasteiger partial charge in [0.05, 0.1) is 18.8 Å². The average molecular weight is 417 g/mol. The first-order valence-electron chi connectivity index (χ1n) is 9.26. The maximum absolute atomic E-state index is 12.5. The number of rotatable bonds is 10. The van der Waals surface area contributed by atoms with Crippen molar-refractivity contribution in [1.82, 2.24) is 10.2 Å². The number of carbonyl (C=O) groups excluding carboxylic acids is 2. The number of carbonyl (C=O) groups is 2. The summed E-state index contributed by atoms with van der Waals surface area (Å²) >= 11 is 1.48. The highest BCUT2D eigenvalue weighted by Gasteiger charge is 2.16. The highest BCUT2D eigenvalue weighted by molar-refractivity contribution is 7.99. The van der Waals surface area contributed by atoms with E-state index in [1.807, 2.05) is 62.6 Å². The van der Waals surface area contributed by atoms with Crippen molar-refractivity contribution in [2.75, 3.05) is 38.8 Å². The van der Waals surface area contributed by atoms with Crippen LogP contribution in [0, 0.1) is 0 Å². The number of methoxy groups -OCH3 is 1. The van der Waals surface area contributed by atoms with Crippen LogP contribution in [0.25, 0.3) is 0 Å². The van der Waals surface area contributed by atoms with Crippen LogP contribution in [0.1, 0.15) is 18.0 Å². The number of nitrogens with two attached hydrogens (primary N) is 1. The number of anilines is 1. The zero-order valence-corrected chi connectivity index (χ0v) is 17.8. The highest BCUT2D eigenvalue weighted by atomic mass is 32.2. The molecule has 8 heteroatoms. The minimum Gasteiger partial charge on any atom is -0.497 e. The van der Waals surface area contributed by atoms with Crippen LogP contribution in [0.5, 0.6) is 5.75 Å². The Hall–Kier alpha value is -2.71. The van der Waals surface area contributed by atoms with Crippen molar-refractivity contribution in [3.05, 3.63) is 54.1 Å². The van der Waals surface area contributed by atoms with E-state index in [1.165, 1.54) is 11.8 Å². The fourth-order valence-corrected chi connectivity index (χ4v) is 3.71. The zero-order valence-electron chi connectivity index (χ0n) is 17.0. The molecule has 0 saturated heterocycles. The van der Waals surface area contributed by atoms with Crippen molar-refractivity contribution < 1.29 is 14.3 Å². The van der Waals surface area contributed by atoms with Gasteiger partial charge in [-0.1, -0.05) is 24.3 Å². The van der Waals surface area contributed by atoms with Crippen molar-refractivity contribution >= 4 is 29.4 Å². The number of likely N-dealkylation sites (N-methyl/N-ethyl adjacent to an activating group) is 1. The standard InChI is InChI=1S/C21H28N4O3S/c1-25(2)18(15-8-10-16(28-3)11-9-15)14-23-21(27)24-17-6-4-5-7-19(17)29-13-12-20(22)26/h4-11,18H,12-14H2,1-3H3,(H2,22,26)(H2,23,24,27). The minimum absolute atomic E-state index is 0.0202. The number of amides is 3. The van der Waals surface area contributed by atoms with Gasteiger partial charge in [-0.05, 0) is 43.9 Å². The summed E-state index contributed by atoms with van der Waals surface area (Å²) in [6.45, 7) is 0.447. The van der Waals surface area contributed by atoms with Crippen LogP contribution in [0.15, 0.2) is 53.4 Å². The first-order valence-corrected chi connectivity index (χ1v) is 10.2. The van der Waals surface area contributed by atoms with E-state index >= 15 is 0 Å². The van der Waals surface area contributed by atoms with E-state index in [-0.39, 0.29) is 24.4 Å². The predicted molar refractivity (Wildman–Crippen MR) is 117 cm³/mol.